The van der Waals surface area contributed by atoms with Gasteiger partial charge in [-0.05, 0) is 26.0 Å². The van der Waals surface area contributed by atoms with Gasteiger partial charge in [-0.2, -0.15) is 0 Å². The highest BCUT2D eigenvalue weighted by Gasteiger charge is 2.15. The van der Waals surface area contributed by atoms with E-state index in [1.54, 1.807) is 19.5 Å². The first-order chi connectivity index (χ1) is 9.13. The largest absolute Gasteiger partial charge is 0.491 e. The van der Waals surface area contributed by atoms with Gasteiger partial charge in [0, 0.05) is 19.3 Å². The van der Waals surface area contributed by atoms with Crippen molar-refractivity contribution in [3.8, 4) is 17.3 Å². The zero-order valence-corrected chi connectivity index (χ0v) is 11.7. The molecule has 2 aromatic heterocycles. The van der Waals surface area contributed by atoms with Crippen molar-refractivity contribution in [2.24, 2.45) is 0 Å². The summed E-state index contributed by atoms with van der Waals surface area (Å²) in [6.45, 7) is 4.20. The highest BCUT2D eigenvalue weighted by molar-refractivity contribution is 5.58. The lowest BCUT2D eigenvalue weighted by atomic mass is 10.3. The minimum absolute atomic E-state index is 0.320. The van der Waals surface area contributed by atoms with E-state index < -0.39 is 0 Å². The molecule has 0 fully saturated rings. The van der Waals surface area contributed by atoms with Crippen molar-refractivity contribution in [1.82, 2.24) is 15.0 Å². The summed E-state index contributed by atoms with van der Waals surface area (Å²) in [6, 6.07) is 6.00. The summed E-state index contributed by atoms with van der Waals surface area (Å²) in [4.78, 5) is 15.2. The molecule has 100 valence electrons. The molecular formula is C14H18N4O. The average Bonchev–Trinajstić information content (AvgIpc) is 2.46. The van der Waals surface area contributed by atoms with Gasteiger partial charge in [0.25, 0.3) is 0 Å². The van der Waals surface area contributed by atoms with Crippen LogP contribution in [0.4, 0.5) is 5.82 Å². The van der Waals surface area contributed by atoms with E-state index in [0.29, 0.717) is 17.6 Å². The van der Waals surface area contributed by atoms with Gasteiger partial charge < -0.3 is 9.64 Å². The van der Waals surface area contributed by atoms with E-state index in [1.165, 1.54) is 0 Å². The van der Waals surface area contributed by atoms with E-state index in [4.69, 9.17) is 4.74 Å². The van der Waals surface area contributed by atoms with Gasteiger partial charge >= 0.3 is 0 Å². The second-order valence-corrected chi connectivity index (χ2v) is 4.51. The van der Waals surface area contributed by atoms with Crippen molar-refractivity contribution in [2.75, 3.05) is 19.1 Å². The Morgan fingerprint density at radius 2 is 2.00 bits per heavy atom. The van der Waals surface area contributed by atoms with Crippen molar-refractivity contribution in [3.05, 3.63) is 30.6 Å². The van der Waals surface area contributed by atoms with Crippen LogP contribution >= 0.6 is 0 Å². The highest BCUT2D eigenvalue weighted by Crippen LogP contribution is 2.27. The third-order valence-electron chi connectivity index (χ3n) is 2.96. The third kappa shape index (κ3) is 2.81. The molecular weight excluding hydrogens is 240 g/mol. The van der Waals surface area contributed by atoms with Crippen LogP contribution in [0.25, 0.3) is 11.5 Å². The van der Waals surface area contributed by atoms with Crippen LogP contribution in [0.1, 0.15) is 13.8 Å². The normalized spacial score (nSPS) is 10.6. The van der Waals surface area contributed by atoms with Crippen LogP contribution in [0, 0.1) is 0 Å². The Hall–Kier alpha value is -2.17. The first-order valence-corrected chi connectivity index (χ1v) is 6.18. The first-order valence-electron chi connectivity index (χ1n) is 6.18. The molecule has 5 heteroatoms. The zero-order valence-electron chi connectivity index (χ0n) is 11.7. The summed E-state index contributed by atoms with van der Waals surface area (Å²) < 4.78 is 5.32. The fourth-order valence-electron chi connectivity index (χ4n) is 1.62. The summed E-state index contributed by atoms with van der Waals surface area (Å²) in [5.41, 5.74) is 0.753. The fourth-order valence-corrected chi connectivity index (χ4v) is 1.62. The van der Waals surface area contributed by atoms with Crippen molar-refractivity contribution in [3.63, 3.8) is 0 Å². The molecule has 0 amide bonds. The molecule has 0 bridgehead atoms. The van der Waals surface area contributed by atoms with Crippen LogP contribution in [0.3, 0.4) is 0 Å². The number of nitrogens with zero attached hydrogens (tertiary/aromatic N) is 4. The number of methoxy groups -OCH3 is 1. The molecule has 2 heterocycles. The number of rotatable bonds is 4. The number of aromatic nitrogens is 3. The van der Waals surface area contributed by atoms with Crippen molar-refractivity contribution in [1.29, 1.82) is 0 Å². The molecule has 0 aromatic carbocycles. The second kappa shape index (κ2) is 5.65. The van der Waals surface area contributed by atoms with E-state index in [2.05, 4.69) is 28.8 Å². The predicted molar refractivity (Wildman–Crippen MR) is 75.4 cm³/mol. The van der Waals surface area contributed by atoms with E-state index in [-0.39, 0.29) is 0 Å². The molecule has 0 atom stereocenters. The fraction of sp³-hybridized carbons (Fsp3) is 0.357. The Labute approximate surface area is 113 Å². The van der Waals surface area contributed by atoms with E-state index >= 15 is 0 Å². The predicted octanol–water partition coefficient (Wildman–Crippen LogP) is 2.39. The van der Waals surface area contributed by atoms with Gasteiger partial charge in [-0.25, -0.2) is 9.97 Å². The molecule has 0 radical (unpaired) electrons. The summed E-state index contributed by atoms with van der Waals surface area (Å²) in [5, 5.41) is 0. The van der Waals surface area contributed by atoms with Gasteiger partial charge in [0.1, 0.15) is 5.69 Å². The maximum atomic E-state index is 5.32. The van der Waals surface area contributed by atoms with E-state index in [0.717, 1.165) is 11.5 Å². The van der Waals surface area contributed by atoms with E-state index in [9.17, 15) is 0 Å². The summed E-state index contributed by atoms with van der Waals surface area (Å²) in [6.07, 6.45) is 3.42. The third-order valence-corrected chi connectivity index (χ3v) is 2.96. The van der Waals surface area contributed by atoms with Gasteiger partial charge in [0.15, 0.2) is 17.4 Å². The molecule has 0 aliphatic heterocycles. The molecule has 5 nitrogen and oxygen atoms in total. The highest BCUT2D eigenvalue weighted by atomic mass is 16.5. The van der Waals surface area contributed by atoms with Crippen LogP contribution in [0.2, 0.25) is 0 Å². The van der Waals surface area contributed by atoms with Gasteiger partial charge in [0.2, 0.25) is 0 Å². The quantitative estimate of drug-likeness (QED) is 0.842. The SMILES string of the molecule is COc1cnc(-c2ccccn2)nc1N(C)C(C)C. The molecule has 0 saturated heterocycles. The van der Waals surface area contributed by atoms with Crippen LogP contribution in [0.5, 0.6) is 5.75 Å². The van der Waals surface area contributed by atoms with Crippen molar-refractivity contribution >= 4 is 5.82 Å². The Morgan fingerprint density at radius 3 is 2.58 bits per heavy atom. The maximum Gasteiger partial charge on any atom is 0.180 e. The van der Waals surface area contributed by atoms with Gasteiger partial charge in [-0.3, -0.25) is 4.98 Å². The van der Waals surface area contributed by atoms with Gasteiger partial charge in [0.05, 0.1) is 13.3 Å². The molecule has 0 saturated carbocycles. The Morgan fingerprint density at radius 1 is 1.21 bits per heavy atom. The van der Waals surface area contributed by atoms with Crippen LogP contribution in [-0.2, 0) is 0 Å². The maximum absolute atomic E-state index is 5.32. The Balaban J connectivity index is 2.47. The van der Waals surface area contributed by atoms with Crippen molar-refractivity contribution in [2.45, 2.75) is 19.9 Å². The van der Waals surface area contributed by atoms with Crippen molar-refractivity contribution < 1.29 is 4.74 Å². The van der Waals surface area contributed by atoms with Crippen LogP contribution in [-0.4, -0.2) is 35.2 Å². The minimum Gasteiger partial charge on any atom is -0.491 e. The lowest BCUT2D eigenvalue weighted by Crippen LogP contribution is -2.27. The molecule has 0 N–H and O–H groups in total. The van der Waals surface area contributed by atoms with Gasteiger partial charge in [-0.1, -0.05) is 6.07 Å². The molecule has 2 aromatic rings. The Bertz CT molecular complexity index is 542. The van der Waals surface area contributed by atoms with E-state index in [1.807, 2.05) is 30.1 Å². The Kier molecular flexibility index (Phi) is 3.94. The number of hydrogen-bond donors (Lipinski definition) is 0. The first kappa shape index (κ1) is 13.3. The topological polar surface area (TPSA) is 51.1 Å². The molecule has 0 unspecified atom stereocenters. The standard InChI is InChI=1S/C14H18N4O/c1-10(2)18(3)14-12(19-4)9-16-13(17-14)11-7-5-6-8-15-11/h5-10H,1-4H3. The number of pyridine rings is 1. The van der Waals surface area contributed by atoms with Crippen LogP contribution in [0.15, 0.2) is 30.6 Å². The number of anilines is 1. The number of hydrogen-bond acceptors (Lipinski definition) is 5. The number of ether oxygens (including phenoxy) is 1. The average molecular weight is 258 g/mol. The lowest BCUT2D eigenvalue weighted by Gasteiger charge is -2.24. The molecule has 0 aliphatic rings. The minimum atomic E-state index is 0.320. The molecule has 2 rings (SSSR count). The summed E-state index contributed by atoms with van der Waals surface area (Å²) in [5.74, 6) is 2.04. The summed E-state index contributed by atoms with van der Waals surface area (Å²) in [7, 11) is 3.61. The zero-order chi connectivity index (χ0) is 13.8. The monoisotopic (exact) mass is 258 g/mol. The summed E-state index contributed by atoms with van der Waals surface area (Å²) >= 11 is 0. The van der Waals surface area contributed by atoms with Crippen LogP contribution < -0.4 is 9.64 Å². The molecule has 0 spiro atoms. The molecule has 19 heavy (non-hydrogen) atoms. The second-order valence-electron chi connectivity index (χ2n) is 4.51. The molecule has 0 aliphatic carbocycles. The lowest BCUT2D eigenvalue weighted by molar-refractivity contribution is 0.410. The smallest absolute Gasteiger partial charge is 0.180 e. The van der Waals surface area contributed by atoms with Gasteiger partial charge in [-0.15, -0.1) is 0 Å².